The van der Waals surface area contributed by atoms with E-state index in [9.17, 15) is 18.3 Å². The highest BCUT2D eigenvalue weighted by atomic mass is 32.2. The minimum absolute atomic E-state index is 0.479. The van der Waals surface area contributed by atoms with E-state index in [0.717, 1.165) is 6.26 Å². The quantitative estimate of drug-likeness (QED) is 0.506. The van der Waals surface area contributed by atoms with E-state index >= 15 is 0 Å². The molecule has 1 N–H and O–H groups in total. The Labute approximate surface area is 99.8 Å². The summed E-state index contributed by atoms with van der Waals surface area (Å²) < 4.78 is 36.5. The van der Waals surface area contributed by atoms with E-state index in [1.54, 1.807) is 13.8 Å². The van der Waals surface area contributed by atoms with Crippen LogP contribution < -0.4 is 0 Å². The normalized spacial score (nSPS) is 30.1. The van der Waals surface area contributed by atoms with Crippen LogP contribution in [-0.4, -0.2) is 56.8 Å². The molecule has 0 radical (unpaired) electrons. The first kappa shape index (κ1) is 14.5. The molecule has 1 fully saturated rings. The van der Waals surface area contributed by atoms with Crippen LogP contribution in [0.2, 0.25) is 0 Å². The third kappa shape index (κ3) is 4.32. The first-order valence-corrected chi connectivity index (χ1v) is 6.80. The predicted octanol–water partition coefficient (Wildman–Crippen LogP) is -0.957. The standard InChI is InChI=1S/C9H16O7S/c1-9(2)15-7(4-10)8(16-9)6(11)5-14-17(3,12)13/h4,6-8,11H,5H2,1-3H3/t6-,7-,8+/m0/s1. The molecule has 17 heavy (non-hydrogen) atoms. The molecule has 3 atom stereocenters. The van der Waals surface area contributed by atoms with Gasteiger partial charge in [-0.15, -0.1) is 0 Å². The van der Waals surface area contributed by atoms with Gasteiger partial charge in [0, 0.05) is 0 Å². The molecule has 0 spiro atoms. The van der Waals surface area contributed by atoms with Crippen molar-refractivity contribution in [3.63, 3.8) is 0 Å². The van der Waals surface area contributed by atoms with E-state index in [4.69, 9.17) is 9.47 Å². The summed E-state index contributed by atoms with van der Waals surface area (Å²) in [4.78, 5) is 10.7. The molecule has 0 saturated carbocycles. The Bertz CT molecular complexity index is 375. The van der Waals surface area contributed by atoms with Crippen molar-refractivity contribution in [3.05, 3.63) is 0 Å². The molecule has 0 aromatic heterocycles. The lowest BCUT2D eigenvalue weighted by Gasteiger charge is -2.20. The average molecular weight is 268 g/mol. The van der Waals surface area contributed by atoms with E-state index in [1.165, 1.54) is 0 Å². The van der Waals surface area contributed by atoms with Crippen LogP contribution in [-0.2, 0) is 28.6 Å². The minimum atomic E-state index is -3.65. The molecular weight excluding hydrogens is 252 g/mol. The summed E-state index contributed by atoms with van der Waals surface area (Å²) >= 11 is 0. The van der Waals surface area contributed by atoms with E-state index in [1.807, 2.05) is 0 Å². The largest absolute Gasteiger partial charge is 0.388 e. The Morgan fingerprint density at radius 1 is 1.47 bits per heavy atom. The van der Waals surface area contributed by atoms with Crippen LogP contribution in [0.1, 0.15) is 13.8 Å². The zero-order chi connectivity index (χ0) is 13.3. The number of hydrogen-bond donors (Lipinski definition) is 1. The van der Waals surface area contributed by atoms with Crippen molar-refractivity contribution in [1.29, 1.82) is 0 Å². The third-order valence-corrected chi connectivity index (χ3v) is 2.69. The Hall–Kier alpha value is -0.540. The van der Waals surface area contributed by atoms with Gasteiger partial charge >= 0.3 is 0 Å². The van der Waals surface area contributed by atoms with Gasteiger partial charge in [-0.2, -0.15) is 8.42 Å². The highest BCUT2D eigenvalue weighted by Crippen LogP contribution is 2.29. The van der Waals surface area contributed by atoms with Crippen LogP contribution in [0, 0.1) is 0 Å². The molecule has 1 aliphatic rings. The molecule has 1 aliphatic heterocycles. The molecular formula is C9H16O7S. The Balaban J connectivity index is 2.62. The van der Waals surface area contributed by atoms with Gasteiger partial charge in [-0.3, -0.25) is 4.18 Å². The number of carbonyl (C=O) groups is 1. The lowest BCUT2D eigenvalue weighted by molar-refractivity contribution is -0.158. The molecule has 1 rings (SSSR count). The van der Waals surface area contributed by atoms with Crippen molar-refractivity contribution >= 4 is 16.4 Å². The predicted molar refractivity (Wildman–Crippen MR) is 56.7 cm³/mol. The van der Waals surface area contributed by atoms with Crippen LogP contribution in [0.5, 0.6) is 0 Å². The fourth-order valence-electron chi connectivity index (χ4n) is 1.51. The number of ether oxygens (including phenoxy) is 2. The van der Waals surface area contributed by atoms with E-state index in [2.05, 4.69) is 4.18 Å². The minimum Gasteiger partial charge on any atom is -0.388 e. The van der Waals surface area contributed by atoms with Crippen molar-refractivity contribution in [1.82, 2.24) is 0 Å². The number of carbonyl (C=O) groups excluding carboxylic acids is 1. The fraction of sp³-hybridized carbons (Fsp3) is 0.889. The zero-order valence-electron chi connectivity index (χ0n) is 9.82. The van der Waals surface area contributed by atoms with Gasteiger partial charge in [-0.1, -0.05) is 0 Å². The second-order valence-electron chi connectivity index (χ2n) is 4.26. The van der Waals surface area contributed by atoms with Crippen molar-refractivity contribution in [2.45, 2.75) is 37.9 Å². The summed E-state index contributed by atoms with van der Waals surface area (Å²) in [6, 6.07) is 0. The number of aliphatic hydroxyl groups is 1. The van der Waals surface area contributed by atoms with Gasteiger partial charge in [-0.05, 0) is 13.8 Å². The number of hydrogen-bond acceptors (Lipinski definition) is 7. The molecule has 0 aliphatic carbocycles. The second-order valence-corrected chi connectivity index (χ2v) is 5.90. The molecule has 1 saturated heterocycles. The highest BCUT2D eigenvalue weighted by molar-refractivity contribution is 7.85. The highest BCUT2D eigenvalue weighted by Gasteiger charge is 2.45. The Morgan fingerprint density at radius 3 is 2.53 bits per heavy atom. The summed E-state index contributed by atoms with van der Waals surface area (Å²) in [7, 11) is -3.65. The van der Waals surface area contributed by atoms with E-state index in [0.29, 0.717) is 6.29 Å². The molecule has 0 aromatic carbocycles. The van der Waals surface area contributed by atoms with Crippen LogP contribution in [0.15, 0.2) is 0 Å². The van der Waals surface area contributed by atoms with Crippen molar-refractivity contribution < 1.29 is 32.0 Å². The molecule has 7 nitrogen and oxygen atoms in total. The van der Waals surface area contributed by atoms with Crippen molar-refractivity contribution in [2.24, 2.45) is 0 Å². The molecule has 0 bridgehead atoms. The van der Waals surface area contributed by atoms with Crippen LogP contribution in [0.4, 0.5) is 0 Å². The summed E-state index contributed by atoms with van der Waals surface area (Å²) in [5.41, 5.74) is 0. The van der Waals surface area contributed by atoms with Gasteiger partial charge in [0.25, 0.3) is 10.1 Å². The Kier molecular flexibility index (Phi) is 4.26. The molecule has 0 aromatic rings. The fourth-order valence-corrected chi connectivity index (χ4v) is 1.89. The van der Waals surface area contributed by atoms with Crippen LogP contribution >= 0.6 is 0 Å². The second kappa shape index (κ2) is 4.99. The summed E-state index contributed by atoms with van der Waals surface area (Å²) in [6.07, 6.45) is -1.77. The summed E-state index contributed by atoms with van der Waals surface area (Å²) in [6.45, 7) is 2.70. The first-order valence-electron chi connectivity index (χ1n) is 4.98. The van der Waals surface area contributed by atoms with Crippen molar-refractivity contribution in [2.75, 3.05) is 12.9 Å². The van der Waals surface area contributed by atoms with Crippen molar-refractivity contribution in [3.8, 4) is 0 Å². The maximum Gasteiger partial charge on any atom is 0.264 e. The third-order valence-electron chi connectivity index (χ3n) is 2.13. The number of aliphatic hydroxyl groups excluding tert-OH is 1. The number of aldehydes is 1. The zero-order valence-corrected chi connectivity index (χ0v) is 10.6. The SMILES string of the molecule is CC1(C)O[C@H]([C@@H](O)COS(C)(=O)=O)[C@H](C=O)O1. The molecule has 0 unspecified atom stereocenters. The molecule has 100 valence electrons. The maximum absolute atomic E-state index is 10.8. The van der Waals surface area contributed by atoms with Gasteiger partial charge in [0.05, 0.1) is 12.9 Å². The molecule has 1 heterocycles. The smallest absolute Gasteiger partial charge is 0.264 e. The lowest BCUT2D eigenvalue weighted by atomic mass is 10.1. The van der Waals surface area contributed by atoms with E-state index in [-0.39, 0.29) is 0 Å². The van der Waals surface area contributed by atoms with Gasteiger partial charge in [-0.25, -0.2) is 0 Å². The average Bonchev–Trinajstić information content (AvgIpc) is 2.49. The van der Waals surface area contributed by atoms with Gasteiger partial charge in [0.2, 0.25) is 0 Å². The maximum atomic E-state index is 10.8. The molecule has 0 amide bonds. The van der Waals surface area contributed by atoms with Gasteiger partial charge in [0.15, 0.2) is 12.1 Å². The molecule has 8 heteroatoms. The van der Waals surface area contributed by atoms with Crippen LogP contribution in [0.3, 0.4) is 0 Å². The summed E-state index contributed by atoms with van der Waals surface area (Å²) in [5.74, 6) is -0.998. The summed E-state index contributed by atoms with van der Waals surface area (Å²) in [5, 5.41) is 9.69. The number of rotatable bonds is 5. The van der Waals surface area contributed by atoms with Crippen LogP contribution in [0.25, 0.3) is 0 Å². The topological polar surface area (TPSA) is 99.1 Å². The van der Waals surface area contributed by atoms with Gasteiger partial charge in [0.1, 0.15) is 18.3 Å². The Morgan fingerprint density at radius 2 is 2.06 bits per heavy atom. The van der Waals surface area contributed by atoms with Gasteiger partial charge < -0.3 is 19.4 Å². The van der Waals surface area contributed by atoms with E-state index < -0.39 is 40.8 Å². The lowest BCUT2D eigenvalue weighted by Crippen LogP contribution is -2.39. The monoisotopic (exact) mass is 268 g/mol. The first-order chi connectivity index (χ1) is 7.64.